The first-order valence-corrected chi connectivity index (χ1v) is 11.1. The van der Waals surface area contributed by atoms with Crippen LogP contribution >= 0.6 is 11.8 Å². The van der Waals surface area contributed by atoms with E-state index in [0.717, 1.165) is 10.9 Å². The summed E-state index contributed by atoms with van der Waals surface area (Å²) < 4.78 is 2.30. The highest BCUT2D eigenvalue weighted by Crippen LogP contribution is 2.45. The van der Waals surface area contributed by atoms with Gasteiger partial charge in [-0.1, -0.05) is 76.6 Å². The molecule has 1 atom stereocenters. The van der Waals surface area contributed by atoms with Crippen molar-refractivity contribution in [2.24, 2.45) is 0 Å². The van der Waals surface area contributed by atoms with Gasteiger partial charge in [-0.3, -0.25) is 4.57 Å². The van der Waals surface area contributed by atoms with E-state index < -0.39 is 0 Å². The van der Waals surface area contributed by atoms with Crippen LogP contribution in [0.5, 0.6) is 0 Å². The van der Waals surface area contributed by atoms with Crippen molar-refractivity contribution in [3.63, 3.8) is 0 Å². The summed E-state index contributed by atoms with van der Waals surface area (Å²) in [6, 6.07) is 13.3. The predicted molar refractivity (Wildman–Crippen MR) is 123 cm³/mol. The highest BCUT2D eigenvalue weighted by atomic mass is 32.2. The molecular formula is C25H32N2S. The number of aromatic nitrogens is 2. The van der Waals surface area contributed by atoms with E-state index in [4.69, 9.17) is 4.98 Å². The maximum absolute atomic E-state index is 5.03. The molecule has 0 N–H and O–H groups in total. The smallest absolute Gasteiger partial charge is 0.146 e. The quantitative estimate of drug-likeness (QED) is 0.433. The van der Waals surface area contributed by atoms with Gasteiger partial charge in [0.2, 0.25) is 0 Å². The third-order valence-electron chi connectivity index (χ3n) is 5.74. The first-order valence-electron chi connectivity index (χ1n) is 10.2. The molecule has 2 heterocycles. The summed E-state index contributed by atoms with van der Waals surface area (Å²) in [6.07, 6.45) is 2.22. The molecule has 4 rings (SSSR count). The molecule has 2 aromatic carbocycles. The van der Waals surface area contributed by atoms with E-state index in [1.165, 1.54) is 33.5 Å². The lowest BCUT2D eigenvalue weighted by Crippen LogP contribution is -2.30. The molecule has 1 aliphatic rings. The van der Waals surface area contributed by atoms with Crippen LogP contribution in [0.1, 0.15) is 56.9 Å². The second-order valence-corrected chi connectivity index (χ2v) is 9.41. The van der Waals surface area contributed by atoms with Crippen molar-refractivity contribution in [2.45, 2.75) is 71.1 Å². The molecule has 1 aliphatic heterocycles. The number of nitrogens with zero attached hydrogens (tertiary/aromatic N) is 2. The van der Waals surface area contributed by atoms with Crippen molar-refractivity contribution < 1.29 is 0 Å². The van der Waals surface area contributed by atoms with Gasteiger partial charge >= 0.3 is 0 Å². The number of hydrogen-bond acceptors (Lipinski definition) is 2. The van der Waals surface area contributed by atoms with Crippen LogP contribution in [-0.4, -0.2) is 14.8 Å². The number of rotatable bonds is 1. The lowest BCUT2D eigenvalue weighted by molar-refractivity contribution is 0.520. The minimum atomic E-state index is 0.0783. The molecule has 0 radical (unpaired) electrons. The van der Waals surface area contributed by atoms with Crippen molar-refractivity contribution in [1.29, 1.82) is 0 Å². The molecule has 2 nitrogen and oxygen atoms in total. The second kappa shape index (κ2) is 7.79. The van der Waals surface area contributed by atoms with Crippen molar-refractivity contribution in [1.82, 2.24) is 9.55 Å². The summed E-state index contributed by atoms with van der Waals surface area (Å²) in [5, 5.41) is 1.55. The first-order chi connectivity index (χ1) is 13.3. The van der Waals surface area contributed by atoms with Gasteiger partial charge in [-0.25, -0.2) is 4.98 Å². The molecule has 3 heteroatoms. The van der Waals surface area contributed by atoms with E-state index in [1.54, 1.807) is 0 Å². The summed E-state index contributed by atoms with van der Waals surface area (Å²) in [5.41, 5.74) is 7.85. The number of thioether (sulfide) groups is 1. The Kier molecular flexibility index (Phi) is 5.77. The zero-order valence-corrected chi connectivity index (χ0v) is 19.2. The molecule has 0 spiro atoms. The lowest BCUT2D eigenvalue weighted by atomic mass is 9.79. The fourth-order valence-electron chi connectivity index (χ4n) is 4.12. The normalized spacial score (nSPS) is 17.1. The molecule has 0 saturated heterocycles. The fourth-order valence-corrected chi connectivity index (χ4v) is 5.20. The Morgan fingerprint density at radius 3 is 2.25 bits per heavy atom. The van der Waals surface area contributed by atoms with Gasteiger partial charge in [0.1, 0.15) is 10.9 Å². The molecule has 0 amide bonds. The maximum Gasteiger partial charge on any atom is 0.146 e. The van der Waals surface area contributed by atoms with E-state index in [1.807, 2.05) is 25.6 Å². The minimum Gasteiger partial charge on any atom is -0.298 e. The minimum absolute atomic E-state index is 0.0783. The van der Waals surface area contributed by atoms with E-state index in [9.17, 15) is 0 Å². The molecule has 0 fully saturated rings. The molecule has 148 valence electrons. The molecule has 28 heavy (non-hydrogen) atoms. The zero-order valence-electron chi connectivity index (χ0n) is 18.4. The van der Waals surface area contributed by atoms with Gasteiger partial charge in [-0.05, 0) is 37.5 Å². The lowest BCUT2D eigenvalue weighted by Gasteiger charge is -2.34. The van der Waals surface area contributed by atoms with Crippen LogP contribution in [0, 0.1) is 20.8 Å². The van der Waals surface area contributed by atoms with Gasteiger partial charge < -0.3 is 0 Å². The zero-order chi connectivity index (χ0) is 20.6. The summed E-state index contributed by atoms with van der Waals surface area (Å²) in [6.45, 7) is 17.6. The highest BCUT2D eigenvalue weighted by molar-refractivity contribution is 7.99. The van der Waals surface area contributed by atoms with Gasteiger partial charge in [0.05, 0.1) is 5.69 Å². The van der Waals surface area contributed by atoms with Gasteiger partial charge in [0.25, 0.3) is 0 Å². The predicted octanol–water partition coefficient (Wildman–Crippen LogP) is 7.26. The Labute approximate surface area is 174 Å². The Morgan fingerprint density at radius 1 is 1.00 bits per heavy atom. The monoisotopic (exact) mass is 392 g/mol. The second-order valence-electron chi connectivity index (χ2n) is 8.05. The average Bonchev–Trinajstić information content (AvgIpc) is 3.05. The van der Waals surface area contributed by atoms with Crippen LogP contribution in [0.15, 0.2) is 47.6 Å². The Bertz CT molecular complexity index is 975. The van der Waals surface area contributed by atoms with Gasteiger partial charge in [-0.15, -0.1) is 11.8 Å². The van der Waals surface area contributed by atoms with Crippen LogP contribution in [-0.2, 0) is 5.41 Å². The SMILES string of the molecule is CC.Cc1cc(C)c(-n2cc3nc2-c2ccccc2C(C)(C)[C@H](C)S3)c(C)c1. The van der Waals surface area contributed by atoms with E-state index in [-0.39, 0.29) is 5.41 Å². The molecule has 3 aromatic rings. The topological polar surface area (TPSA) is 17.8 Å². The standard InChI is InChI=1S/C23H26N2S.C2H6/c1-14-11-15(2)21(16(3)12-14)25-13-20-24-22(25)18-9-7-8-10-19(18)23(5,6)17(4)26-20;1-2/h7-13,17H,1-6H3;1-2H3/t17-;/m0./s1. The van der Waals surface area contributed by atoms with Crippen LogP contribution in [0.2, 0.25) is 0 Å². The molecule has 0 unspecified atom stereocenters. The van der Waals surface area contributed by atoms with Crippen LogP contribution < -0.4 is 0 Å². The number of benzene rings is 2. The number of imidazole rings is 1. The summed E-state index contributed by atoms with van der Waals surface area (Å²) in [4.78, 5) is 5.03. The molecular weight excluding hydrogens is 360 g/mol. The molecule has 1 aromatic heterocycles. The molecule has 0 aliphatic carbocycles. The fraction of sp³-hybridized carbons (Fsp3) is 0.400. The molecule has 0 saturated carbocycles. The number of hydrogen-bond donors (Lipinski definition) is 0. The van der Waals surface area contributed by atoms with Gasteiger partial charge in [0.15, 0.2) is 0 Å². The van der Waals surface area contributed by atoms with Crippen molar-refractivity contribution >= 4 is 11.8 Å². The van der Waals surface area contributed by atoms with Crippen molar-refractivity contribution in [3.05, 3.63) is 64.8 Å². The number of fused-ring (bicyclic) bond motifs is 4. The van der Waals surface area contributed by atoms with Crippen molar-refractivity contribution in [3.8, 4) is 17.1 Å². The van der Waals surface area contributed by atoms with Gasteiger partial charge in [0, 0.05) is 22.4 Å². The molecule has 2 bridgehead atoms. The summed E-state index contributed by atoms with van der Waals surface area (Å²) in [5.74, 6) is 1.05. The summed E-state index contributed by atoms with van der Waals surface area (Å²) >= 11 is 1.88. The van der Waals surface area contributed by atoms with Crippen molar-refractivity contribution in [2.75, 3.05) is 0 Å². The maximum atomic E-state index is 5.03. The Morgan fingerprint density at radius 2 is 1.61 bits per heavy atom. The van der Waals surface area contributed by atoms with Crippen LogP contribution in [0.4, 0.5) is 0 Å². The van der Waals surface area contributed by atoms with E-state index in [2.05, 4.69) is 88.7 Å². The Balaban J connectivity index is 0.00000109. The third kappa shape index (κ3) is 3.41. The Hall–Kier alpha value is -2.00. The third-order valence-corrected chi connectivity index (χ3v) is 7.12. The largest absolute Gasteiger partial charge is 0.298 e. The first kappa shape index (κ1) is 20.7. The van der Waals surface area contributed by atoms with Gasteiger partial charge in [-0.2, -0.15) is 0 Å². The number of aryl methyl sites for hydroxylation is 3. The van der Waals surface area contributed by atoms with Crippen LogP contribution in [0.25, 0.3) is 17.1 Å². The van der Waals surface area contributed by atoms with E-state index in [0.29, 0.717) is 5.25 Å². The summed E-state index contributed by atoms with van der Waals surface area (Å²) in [7, 11) is 0. The highest BCUT2D eigenvalue weighted by Gasteiger charge is 2.35. The average molecular weight is 393 g/mol. The van der Waals surface area contributed by atoms with Crippen LogP contribution in [0.3, 0.4) is 0 Å². The van der Waals surface area contributed by atoms with E-state index >= 15 is 0 Å².